The fourth-order valence-electron chi connectivity index (χ4n) is 4.85. The van der Waals surface area contributed by atoms with Crippen LogP contribution in [0.4, 0.5) is 44.7 Å². The number of nitrogens with zero attached hydrogens (tertiary/aromatic N) is 5. The number of nitrogens with one attached hydrogen (secondary N) is 2. The number of benzene rings is 4. The fraction of sp³-hybridized carbons (Fsp3) is 0.107. The monoisotopic (exact) mass is 908 g/mol. The van der Waals surface area contributed by atoms with Crippen LogP contribution in [0.3, 0.4) is 0 Å². The fourth-order valence-corrected chi connectivity index (χ4v) is 8.26. The molecule has 4 aromatic carbocycles. The van der Waals surface area contributed by atoms with E-state index in [1.54, 1.807) is 0 Å². The van der Waals surface area contributed by atoms with E-state index in [0.29, 0.717) is 12.0 Å². The van der Waals surface area contributed by atoms with Crippen molar-refractivity contribution in [1.29, 1.82) is 0 Å². The van der Waals surface area contributed by atoms with E-state index in [0.717, 1.165) is 18.2 Å². The molecule has 5 aromatic rings. The van der Waals surface area contributed by atoms with Crippen molar-refractivity contribution in [2.45, 2.75) is 20.4 Å². The Morgan fingerprint density at radius 2 is 1.43 bits per heavy atom. The molecule has 0 atom stereocenters. The van der Waals surface area contributed by atoms with Crippen molar-refractivity contribution in [1.82, 2.24) is 15.0 Å². The summed E-state index contributed by atoms with van der Waals surface area (Å²) in [5.74, 6) is -2.54. The molecule has 30 heteroatoms. The van der Waals surface area contributed by atoms with Gasteiger partial charge in [0.05, 0.1) is 34.1 Å². The molecule has 0 bridgehead atoms. The van der Waals surface area contributed by atoms with E-state index in [-0.39, 0.29) is 63.3 Å². The second kappa shape index (κ2) is 18.8. The lowest BCUT2D eigenvalue weighted by Crippen LogP contribution is -2.11. The van der Waals surface area contributed by atoms with E-state index in [1.165, 1.54) is 42.5 Å². The van der Waals surface area contributed by atoms with Crippen LogP contribution in [0.2, 0.25) is 0 Å². The number of nitrogens with two attached hydrogens (primary N) is 1. The van der Waals surface area contributed by atoms with Crippen molar-refractivity contribution >= 4 is 106 Å². The minimum absolute atomic E-state index is 0.0148. The van der Waals surface area contributed by atoms with Crippen LogP contribution >= 0.6 is 24.4 Å². The Balaban J connectivity index is 1.40. The van der Waals surface area contributed by atoms with Gasteiger partial charge in [-0.25, -0.2) is 18.9 Å². The van der Waals surface area contributed by atoms with E-state index in [1.807, 2.05) is 0 Å². The largest absolute Gasteiger partial charge is 0.507 e. The van der Waals surface area contributed by atoms with Crippen LogP contribution in [0.15, 0.2) is 85.6 Å². The van der Waals surface area contributed by atoms with Crippen LogP contribution in [0.25, 0.3) is 10.8 Å². The lowest BCUT2D eigenvalue weighted by atomic mass is 10.0. The minimum Gasteiger partial charge on any atom is -0.507 e. The Morgan fingerprint density at radius 1 is 0.793 bits per heavy atom. The number of aromatic nitrogens is 3. The number of azo groups is 1. The summed E-state index contributed by atoms with van der Waals surface area (Å²) in [6, 6.07) is 11.8. The molecule has 9 N–H and O–H groups in total. The molecule has 0 saturated carbocycles. The predicted molar refractivity (Wildman–Crippen MR) is 200 cm³/mol. The molecule has 0 aliphatic heterocycles. The van der Waals surface area contributed by atoms with Gasteiger partial charge in [0.25, 0.3) is 20.2 Å². The van der Waals surface area contributed by atoms with Crippen LogP contribution in [0.5, 0.6) is 5.75 Å². The van der Waals surface area contributed by atoms with Crippen LogP contribution in [0.1, 0.15) is 5.56 Å². The summed E-state index contributed by atoms with van der Waals surface area (Å²) in [6.07, 6.45) is -1.29. The first kappa shape index (κ1) is 44.2. The molecule has 1 heterocycles. The van der Waals surface area contributed by atoms with Gasteiger partial charge in [-0.3, -0.25) is 13.3 Å². The lowest BCUT2D eigenvalue weighted by Gasteiger charge is -2.14. The van der Waals surface area contributed by atoms with Gasteiger partial charge in [-0.2, -0.15) is 36.2 Å². The van der Waals surface area contributed by atoms with E-state index in [2.05, 4.69) is 54.6 Å². The molecular weight excluding hydrogens is 884 g/mol. The summed E-state index contributed by atoms with van der Waals surface area (Å²) in [6.45, 7) is -0.313. The topological polar surface area (TPSA) is 363 Å². The zero-order valence-corrected chi connectivity index (χ0v) is 32.4. The van der Waals surface area contributed by atoms with Gasteiger partial charge in [-0.05, 0) is 60.0 Å². The molecular formula is C28H25FN8O16S5. The summed E-state index contributed by atoms with van der Waals surface area (Å²) < 4.78 is 121. The van der Waals surface area contributed by atoms with E-state index in [9.17, 15) is 43.9 Å². The van der Waals surface area contributed by atoms with E-state index in [4.69, 9.17) is 20.4 Å². The molecule has 24 nitrogen and oxygen atoms in total. The number of halogens is 1. The molecule has 0 amide bonds. The van der Waals surface area contributed by atoms with Gasteiger partial charge in [0, 0.05) is 29.0 Å². The van der Waals surface area contributed by atoms with Crippen molar-refractivity contribution in [2.75, 3.05) is 28.7 Å². The number of anilines is 5. The van der Waals surface area contributed by atoms with E-state index < -0.39 is 80.4 Å². The summed E-state index contributed by atoms with van der Waals surface area (Å²) in [7, 11) is -13.8. The van der Waals surface area contributed by atoms with Crippen LogP contribution in [0, 0.1) is 6.08 Å². The summed E-state index contributed by atoms with van der Waals surface area (Å²) in [5, 5.41) is 47.3. The molecule has 0 spiro atoms. The number of phenolic OH excluding ortho intramolecular Hbond substituents is 1. The van der Waals surface area contributed by atoms with Crippen molar-refractivity contribution in [3.05, 3.63) is 72.3 Å². The van der Waals surface area contributed by atoms with Crippen molar-refractivity contribution in [2.24, 2.45) is 10.2 Å². The molecule has 0 unspecified atom stereocenters. The van der Waals surface area contributed by atoms with Gasteiger partial charge in [-0.15, -0.1) is 18.9 Å². The van der Waals surface area contributed by atoms with Crippen LogP contribution < -0.4 is 16.4 Å². The maximum Gasteiger partial charge on any atom is 0.315 e. The highest BCUT2D eigenvalue weighted by Gasteiger charge is 2.25. The number of nitrogen functional groups attached to an aromatic ring is 1. The Kier molecular flexibility index (Phi) is 14.3. The minimum atomic E-state index is -5.06. The third-order valence-electron chi connectivity index (χ3n) is 7.28. The zero-order valence-electron chi connectivity index (χ0n) is 28.4. The number of hydrogen-bond acceptors (Lipinski definition) is 24. The molecule has 1 aromatic heterocycles. The highest BCUT2D eigenvalue weighted by molar-refractivity contribution is 7.93. The Labute approximate surface area is 334 Å². The molecule has 58 heavy (non-hydrogen) atoms. The standard InChI is InChI=1S/C28H25FN8O16S5/c29-26-33-27(31-15-2-5-17(6-3-15)56(41,42)10-9-49-55-53-51-40)35-28(34-26)32-16-4-8-20(22(12-16)58(46,47)48)36-37-24-19(30)7-1-14-11-21(57(43,44)45)18(13-54-52-50-39)25(38)23(14)24/h1-8,11-12,38-40H,9-10,13,30H2,(H,43,44,45)(H,46,47,48)(H2,31,32,33,34,35). The quantitative estimate of drug-likeness (QED) is 0.0100. The zero-order chi connectivity index (χ0) is 42.3. The average Bonchev–Trinajstić information content (AvgIpc) is 3.14. The van der Waals surface area contributed by atoms with Crippen LogP contribution in [-0.4, -0.2) is 77.3 Å². The molecule has 0 aliphatic rings. The first-order valence-electron chi connectivity index (χ1n) is 15.1. The summed E-state index contributed by atoms with van der Waals surface area (Å²) in [4.78, 5) is 9.40. The Bertz CT molecular complexity index is 2680. The highest BCUT2D eigenvalue weighted by atomic mass is 32.2. The van der Waals surface area contributed by atoms with Crippen molar-refractivity contribution in [3.8, 4) is 5.75 Å². The average molecular weight is 909 g/mol. The van der Waals surface area contributed by atoms with Gasteiger partial charge in [0.1, 0.15) is 26.9 Å². The van der Waals surface area contributed by atoms with Gasteiger partial charge >= 0.3 is 6.08 Å². The lowest BCUT2D eigenvalue weighted by molar-refractivity contribution is -0.434. The second-order valence-corrected chi connectivity index (χ2v) is 17.0. The molecule has 5 rings (SSSR count). The Morgan fingerprint density at radius 3 is 2.07 bits per heavy atom. The summed E-state index contributed by atoms with van der Waals surface area (Å²) >= 11 is 0.545. The smallest absolute Gasteiger partial charge is 0.315 e. The third kappa shape index (κ3) is 11.2. The first-order chi connectivity index (χ1) is 27.4. The molecule has 0 aliphatic carbocycles. The SMILES string of the molecule is Nc1ccc2cc(S(=O)(=O)O)c(CSOOO)c(O)c2c1N=Nc1ccc(Nc2nc(F)nc(Nc3ccc(S(=O)(=O)CCOSOOO)cc3)n2)cc1S(=O)(=O)O. The molecule has 310 valence electrons. The number of rotatable bonds is 19. The van der Waals surface area contributed by atoms with Crippen molar-refractivity contribution in [3.63, 3.8) is 0 Å². The number of sulfone groups is 1. The number of fused-ring (bicyclic) bond motifs is 1. The number of hydrogen-bond donors (Lipinski definition) is 8. The van der Waals surface area contributed by atoms with Crippen LogP contribution in [-0.2, 0) is 58.8 Å². The highest BCUT2D eigenvalue weighted by Crippen LogP contribution is 2.44. The third-order valence-corrected chi connectivity index (χ3v) is 11.7. The van der Waals surface area contributed by atoms with Gasteiger partial charge < -0.3 is 21.5 Å². The van der Waals surface area contributed by atoms with Gasteiger partial charge in [-0.1, -0.05) is 16.1 Å². The van der Waals surface area contributed by atoms with Gasteiger partial charge in [0.2, 0.25) is 11.9 Å². The predicted octanol–water partition coefficient (Wildman–Crippen LogP) is 5.19. The molecule has 0 fully saturated rings. The summed E-state index contributed by atoms with van der Waals surface area (Å²) in [5.41, 5.74) is 4.84. The normalized spacial score (nSPS) is 12.4. The molecule has 0 saturated heterocycles. The number of phenols is 1. The first-order valence-corrected chi connectivity index (χ1v) is 21.2. The maximum atomic E-state index is 14.5. The molecule has 0 radical (unpaired) electrons. The van der Waals surface area contributed by atoms with Gasteiger partial charge in [0.15, 0.2) is 22.2 Å². The van der Waals surface area contributed by atoms with Crippen molar-refractivity contribution < 1.29 is 77.3 Å². The Hall–Kier alpha value is -4.93. The van der Waals surface area contributed by atoms with E-state index >= 15 is 0 Å². The second-order valence-electron chi connectivity index (χ2n) is 10.9. The number of aromatic hydroxyl groups is 1. The maximum absolute atomic E-state index is 14.5.